The lowest BCUT2D eigenvalue weighted by Crippen LogP contribution is -2.35. The largest absolute Gasteiger partial charge is 0.393 e. The first-order valence-electron chi connectivity index (χ1n) is 6.97. The second-order valence-electron chi connectivity index (χ2n) is 5.21. The smallest absolute Gasteiger partial charge is 0.222 e. The number of rotatable bonds is 8. The van der Waals surface area contributed by atoms with Crippen LogP contribution in [-0.2, 0) is 4.79 Å². The number of aliphatic hydroxyl groups is 1. The second kappa shape index (κ2) is 7.94. The van der Waals surface area contributed by atoms with Crippen LogP contribution >= 0.6 is 0 Å². The topological polar surface area (TPSA) is 67.2 Å². The number of nitrogens with zero attached hydrogens (tertiary/aromatic N) is 2. The van der Waals surface area contributed by atoms with Crippen molar-refractivity contribution in [3.63, 3.8) is 0 Å². The summed E-state index contributed by atoms with van der Waals surface area (Å²) < 4.78 is 1.99. The van der Waals surface area contributed by atoms with E-state index in [4.69, 9.17) is 0 Å². The van der Waals surface area contributed by atoms with Crippen LogP contribution in [0.25, 0.3) is 0 Å². The molecule has 1 aromatic rings. The van der Waals surface area contributed by atoms with Crippen molar-refractivity contribution in [1.29, 1.82) is 0 Å². The summed E-state index contributed by atoms with van der Waals surface area (Å²) in [6, 6.07) is 0.156. The lowest BCUT2D eigenvalue weighted by Gasteiger charge is -2.20. The number of nitrogens with one attached hydrogen (secondary N) is 1. The molecule has 0 aliphatic rings. The van der Waals surface area contributed by atoms with Gasteiger partial charge in [0.2, 0.25) is 5.91 Å². The zero-order chi connectivity index (χ0) is 14.3. The van der Waals surface area contributed by atoms with E-state index in [0.717, 1.165) is 12.8 Å². The van der Waals surface area contributed by atoms with Gasteiger partial charge in [-0.05, 0) is 26.7 Å². The predicted molar refractivity (Wildman–Crippen MR) is 74.7 cm³/mol. The Hall–Kier alpha value is -1.36. The lowest BCUT2D eigenvalue weighted by atomic mass is 10.1. The minimum absolute atomic E-state index is 0.00226. The number of hydrogen-bond donors (Lipinski definition) is 2. The summed E-state index contributed by atoms with van der Waals surface area (Å²) in [6.45, 7) is 5.75. The first-order chi connectivity index (χ1) is 9.02. The van der Waals surface area contributed by atoms with Gasteiger partial charge in [0.1, 0.15) is 0 Å². The maximum atomic E-state index is 12.0. The van der Waals surface area contributed by atoms with Crippen LogP contribution in [0.3, 0.4) is 0 Å². The molecule has 3 atom stereocenters. The van der Waals surface area contributed by atoms with Gasteiger partial charge in [-0.25, -0.2) is 4.98 Å². The molecule has 3 unspecified atom stereocenters. The Balaban J connectivity index is 2.48. The molecule has 19 heavy (non-hydrogen) atoms. The first-order valence-corrected chi connectivity index (χ1v) is 6.97. The van der Waals surface area contributed by atoms with Crippen molar-refractivity contribution in [2.45, 2.75) is 64.6 Å². The van der Waals surface area contributed by atoms with Gasteiger partial charge in [0, 0.05) is 30.9 Å². The van der Waals surface area contributed by atoms with Gasteiger partial charge in [0.25, 0.3) is 0 Å². The van der Waals surface area contributed by atoms with Gasteiger partial charge in [-0.1, -0.05) is 13.3 Å². The van der Waals surface area contributed by atoms with Crippen LogP contribution in [-0.4, -0.2) is 32.7 Å². The Labute approximate surface area is 115 Å². The molecule has 0 aliphatic heterocycles. The van der Waals surface area contributed by atoms with Crippen LogP contribution in [0, 0.1) is 0 Å². The minimum Gasteiger partial charge on any atom is -0.393 e. The van der Waals surface area contributed by atoms with Crippen molar-refractivity contribution in [2.24, 2.45) is 0 Å². The van der Waals surface area contributed by atoms with Gasteiger partial charge in [0.05, 0.1) is 12.4 Å². The summed E-state index contributed by atoms with van der Waals surface area (Å²) in [5.74, 6) is 0.0281. The first kappa shape index (κ1) is 15.7. The van der Waals surface area contributed by atoms with E-state index < -0.39 is 6.10 Å². The molecule has 1 rings (SSSR count). The lowest BCUT2D eigenvalue weighted by molar-refractivity contribution is -0.122. The Kier molecular flexibility index (Phi) is 6.56. The van der Waals surface area contributed by atoms with Gasteiger partial charge in [-0.3, -0.25) is 4.79 Å². The molecule has 0 aliphatic carbocycles. The van der Waals surface area contributed by atoms with E-state index >= 15 is 0 Å². The molecule has 0 bridgehead atoms. The summed E-state index contributed by atoms with van der Waals surface area (Å²) in [5, 5.41) is 12.2. The number of carbonyl (C=O) groups is 1. The molecule has 5 nitrogen and oxygen atoms in total. The van der Waals surface area contributed by atoms with E-state index in [9.17, 15) is 9.90 Å². The minimum atomic E-state index is -0.393. The second-order valence-corrected chi connectivity index (χ2v) is 5.21. The fourth-order valence-electron chi connectivity index (χ4n) is 2.29. The summed E-state index contributed by atoms with van der Waals surface area (Å²) in [5.41, 5.74) is 0. The van der Waals surface area contributed by atoms with Crippen LogP contribution in [0.1, 0.15) is 52.5 Å². The van der Waals surface area contributed by atoms with Crippen LogP contribution in [0.4, 0.5) is 0 Å². The van der Waals surface area contributed by atoms with Crippen LogP contribution < -0.4 is 5.32 Å². The maximum absolute atomic E-state index is 12.0. The summed E-state index contributed by atoms with van der Waals surface area (Å²) in [7, 11) is 0. The average molecular weight is 267 g/mol. The van der Waals surface area contributed by atoms with Crippen molar-refractivity contribution in [3.05, 3.63) is 18.7 Å². The maximum Gasteiger partial charge on any atom is 0.222 e. The van der Waals surface area contributed by atoms with Gasteiger partial charge < -0.3 is 15.0 Å². The average Bonchev–Trinajstić information content (AvgIpc) is 2.80. The summed E-state index contributed by atoms with van der Waals surface area (Å²) in [4.78, 5) is 16.0. The van der Waals surface area contributed by atoms with Crippen molar-refractivity contribution in [3.8, 4) is 0 Å². The standard InChI is InChI=1S/C14H25N3O2/c1-4-5-13(17-7-6-15-10-17)9-14(19)16-11(2)8-12(3)18/h6-7,10-13,18H,4-5,8-9H2,1-3H3,(H,16,19). The number of imidazole rings is 1. The van der Waals surface area contributed by atoms with Gasteiger partial charge in [-0.2, -0.15) is 0 Å². The third-order valence-electron chi connectivity index (χ3n) is 3.09. The molecule has 1 heterocycles. The quantitative estimate of drug-likeness (QED) is 0.756. The third-order valence-corrected chi connectivity index (χ3v) is 3.09. The SMILES string of the molecule is CCCC(CC(=O)NC(C)CC(C)O)n1ccnc1. The van der Waals surface area contributed by atoms with E-state index in [2.05, 4.69) is 17.2 Å². The molecule has 0 saturated carbocycles. The fourth-order valence-corrected chi connectivity index (χ4v) is 2.29. The Morgan fingerprint density at radius 3 is 2.74 bits per heavy atom. The van der Waals surface area contributed by atoms with E-state index in [1.54, 1.807) is 19.4 Å². The number of aromatic nitrogens is 2. The fraction of sp³-hybridized carbons (Fsp3) is 0.714. The molecule has 1 amide bonds. The normalized spacial score (nSPS) is 15.8. The molecule has 0 aromatic carbocycles. The third kappa shape index (κ3) is 5.87. The zero-order valence-corrected chi connectivity index (χ0v) is 12.0. The predicted octanol–water partition coefficient (Wildman–Crippen LogP) is 1.89. The van der Waals surface area contributed by atoms with Crippen LogP contribution in [0.5, 0.6) is 0 Å². The highest BCUT2D eigenvalue weighted by atomic mass is 16.3. The molecule has 5 heteroatoms. The van der Waals surface area contributed by atoms with Crippen LogP contribution in [0.2, 0.25) is 0 Å². The highest BCUT2D eigenvalue weighted by molar-refractivity contribution is 5.76. The van der Waals surface area contributed by atoms with Crippen LogP contribution in [0.15, 0.2) is 18.7 Å². The molecule has 2 N–H and O–H groups in total. The molecule has 0 saturated heterocycles. The zero-order valence-electron chi connectivity index (χ0n) is 12.0. The Morgan fingerprint density at radius 1 is 1.47 bits per heavy atom. The highest BCUT2D eigenvalue weighted by Gasteiger charge is 2.16. The van der Waals surface area contributed by atoms with Gasteiger partial charge >= 0.3 is 0 Å². The van der Waals surface area contributed by atoms with Crippen molar-refractivity contribution in [2.75, 3.05) is 0 Å². The Morgan fingerprint density at radius 2 is 2.21 bits per heavy atom. The number of carbonyl (C=O) groups excluding carboxylic acids is 1. The van der Waals surface area contributed by atoms with E-state index in [1.807, 2.05) is 17.7 Å². The molecule has 108 valence electrons. The molecular formula is C14H25N3O2. The monoisotopic (exact) mass is 267 g/mol. The molecule has 0 fully saturated rings. The van der Waals surface area contributed by atoms with Crippen molar-refractivity contribution < 1.29 is 9.90 Å². The molecule has 0 radical (unpaired) electrons. The molecule has 1 aromatic heterocycles. The number of amides is 1. The van der Waals surface area contributed by atoms with Gasteiger partial charge in [0.15, 0.2) is 0 Å². The van der Waals surface area contributed by atoms with Crippen molar-refractivity contribution in [1.82, 2.24) is 14.9 Å². The molecular weight excluding hydrogens is 242 g/mol. The summed E-state index contributed by atoms with van der Waals surface area (Å²) >= 11 is 0. The van der Waals surface area contributed by atoms with E-state index in [-0.39, 0.29) is 18.0 Å². The Bertz CT molecular complexity index is 363. The number of hydrogen-bond acceptors (Lipinski definition) is 3. The highest BCUT2D eigenvalue weighted by Crippen LogP contribution is 2.17. The molecule has 0 spiro atoms. The van der Waals surface area contributed by atoms with E-state index in [0.29, 0.717) is 12.8 Å². The van der Waals surface area contributed by atoms with E-state index in [1.165, 1.54) is 0 Å². The number of aliphatic hydroxyl groups excluding tert-OH is 1. The van der Waals surface area contributed by atoms with Crippen molar-refractivity contribution >= 4 is 5.91 Å². The summed E-state index contributed by atoms with van der Waals surface area (Å²) in [6.07, 6.45) is 8.00. The van der Waals surface area contributed by atoms with Gasteiger partial charge in [-0.15, -0.1) is 0 Å².